The van der Waals surface area contributed by atoms with Crippen LogP contribution >= 0.6 is 0 Å². The van der Waals surface area contributed by atoms with Crippen molar-refractivity contribution in [1.82, 2.24) is 24.9 Å². The summed E-state index contributed by atoms with van der Waals surface area (Å²) < 4.78 is 5.19. The summed E-state index contributed by atoms with van der Waals surface area (Å²) in [6.45, 7) is 5.82. The lowest BCUT2D eigenvalue weighted by atomic mass is 10.4. The number of nitrogens with zero attached hydrogens (tertiary/aromatic N) is 4. The predicted molar refractivity (Wildman–Crippen MR) is 81.8 cm³/mol. The van der Waals surface area contributed by atoms with Crippen molar-refractivity contribution in [3.05, 3.63) is 49.1 Å². The normalized spacial score (nSPS) is 9.67. The molecule has 0 saturated heterocycles. The van der Waals surface area contributed by atoms with Gasteiger partial charge in [0.25, 0.3) is 0 Å². The van der Waals surface area contributed by atoms with Gasteiger partial charge in [0.1, 0.15) is 17.5 Å². The third-order valence-electron chi connectivity index (χ3n) is 2.52. The number of hydrogen-bond acceptors (Lipinski definition) is 5. The second kappa shape index (κ2) is 7.14. The van der Waals surface area contributed by atoms with Crippen molar-refractivity contribution in [2.24, 2.45) is 0 Å². The van der Waals surface area contributed by atoms with E-state index >= 15 is 0 Å². The minimum atomic E-state index is 0.683. The highest BCUT2D eigenvalue weighted by atomic mass is 16.3. The molecule has 0 aliphatic rings. The number of aryl methyl sites for hydroxylation is 1. The number of hydrogen-bond donors (Lipinski definition) is 1. The van der Waals surface area contributed by atoms with E-state index in [9.17, 15) is 0 Å². The minimum Gasteiger partial charge on any atom is -0.439 e. The van der Waals surface area contributed by atoms with Crippen LogP contribution in [0, 0.1) is 6.92 Å². The Kier molecular flexibility index (Phi) is 4.98. The molecule has 4 heterocycles. The van der Waals surface area contributed by atoms with Gasteiger partial charge in [0.15, 0.2) is 11.5 Å². The van der Waals surface area contributed by atoms with E-state index in [1.165, 1.54) is 6.33 Å². The van der Waals surface area contributed by atoms with Gasteiger partial charge < -0.3 is 9.40 Å². The highest BCUT2D eigenvalue weighted by Crippen LogP contribution is 2.11. The Morgan fingerprint density at radius 1 is 1.10 bits per heavy atom. The van der Waals surface area contributed by atoms with Crippen molar-refractivity contribution in [3.8, 4) is 0 Å². The van der Waals surface area contributed by atoms with Crippen LogP contribution in [0.4, 0.5) is 0 Å². The standard InChI is InChI=1S/C7H6N2O.C6H5N3.C2H6/c1-5-9-6-2-3-8-4-7(6)10-5;1-2-8-6-5(1)3-7-4-9-6;1-2/h2-4H,1H3;1-4H,(H,7,8,9);1-2H3. The Labute approximate surface area is 122 Å². The number of rotatable bonds is 0. The van der Waals surface area contributed by atoms with Crippen LogP contribution in [-0.4, -0.2) is 24.9 Å². The van der Waals surface area contributed by atoms with E-state index in [1.54, 1.807) is 18.6 Å². The van der Waals surface area contributed by atoms with Crippen molar-refractivity contribution in [2.45, 2.75) is 20.8 Å². The molecule has 4 rings (SSSR count). The van der Waals surface area contributed by atoms with Crippen LogP contribution in [0.25, 0.3) is 22.1 Å². The number of pyridine rings is 1. The maximum absolute atomic E-state index is 5.19. The molecule has 0 bridgehead atoms. The molecule has 21 heavy (non-hydrogen) atoms. The first-order valence-electron chi connectivity index (χ1n) is 6.73. The van der Waals surface area contributed by atoms with Crippen molar-refractivity contribution >= 4 is 22.1 Å². The Morgan fingerprint density at radius 3 is 2.71 bits per heavy atom. The third-order valence-corrected chi connectivity index (χ3v) is 2.52. The molecule has 4 aromatic heterocycles. The number of aromatic amines is 1. The quantitative estimate of drug-likeness (QED) is 0.534. The minimum absolute atomic E-state index is 0.683. The average molecular weight is 283 g/mol. The number of oxazole rings is 1. The first-order valence-corrected chi connectivity index (χ1v) is 6.73. The molecule has 0 saturated carbocycles. The molecule has 6 heteroatoms. The highest BCUT2D eigenvalue weighted by molar-refractivity contribution is 5.73. The van der Waals surface area contributed by atoms with Crippen molar-refractivity contribution < 1.29 is 4.42 Å². The van der Waals surface area contributed by atoms with E-state index in [0.29, 0.717) is 5.89 Å². The zero-order valence-corrected chi connectivity index (χ0v) is 12.2. The summed E-state index contributed by atoms with van der Waals surface area (Å²) in [5.74, 6) is 0.683. The van der Waals surface area contributed by atoms with Gasteiger partial charge >= 0.3 is 0 Å². The molecule has 0 spiro atoms. The largest absolute Gasteiger partial charge is 0.439 e. The maximum atomic E-state index is 5.19. The lowest BCUT2D eigenvalue weighted by molar-refractivity contribution is 0.560. The molecule has 0 atom stereocenters. The lowest BCUT2D eigenvalue weighted by Crippen LogP contribution is -1.75. The number of aromatic nitrogens is 5. The van der Waals surface area contributed by atoms with Crippen LogP contribution in [0.3, 0.4) is 0 Å². The van der Waals surface area contributed by atoms with E-state index in [-0.39, 0.29) is 0 Å². The SMILES string of the molecule is CC.Cc1nc2ccncc2o1.c1ncc2cc[nH]c2n1. The smallest absolute Gasteiger partial charge is 0.192 e. The Balaban J connectivity index is 0.000000138. The fourth-order valence-electron chi connectivity index (χ4n) is 1.69. The maximum Gasteiger partial charge on any atom is 0.192 e. The average Bonchev–Trinajstić information content (AvgIpc) is 3.14. The second-order valence-electron chi connectivity index (χ2n) is 3.88. The zero-order chi connectivity index (χ0) is 15.1. The molecule has 0 unspecified atom stereocenters. The van der Waals surface area contributed by atoms with Gasteiger partial charge in [-0.05, 0) is 12.1 Å². The van der Waals surface area contributed by atoms with E-state index in [4.69, 9.17) is 4.42 Å². The Bertz CT molecular complexity index is 742. The summed E-state index contributed by atoms with van der Waals surface area (Å²) in [6.07, 6.45) is 8.51. The monoisotopic (exact) mass is 283 g/mol. The van der Waals surface area contributed by atoms with Crippen LogP contribution in [0.1, 0.15) is 19.7 Å². The first-order chi connectivity index (χ1) is 10.3. The summed E-state index contributed by atoms with van der Waals surface area (Å²) in [5, 5.41) is 1.05. The zero-order valence-electron chi connectivity index (χ0n) is 12.2. The van der Waals surface area contributed by atoms with Crippen LogP contribution < -0.4 is 0 Å². The molecule has 4 aromatic rings. The van der Waals surface area contributed by atoms with Gasteiger partial charge in [-0.3, -0.25) is 4.98 Å². The number of fused-ring (bicyclic) bond motifs is 2. The van der Waals surface area contributed by atoms with Gasteiger partial charge in [-0.1, -0.05) is 13.8 Å². The van der Waals surface area contributed by atoms with Crippen molar-refractivity contribution in [3.63, 3.8) is 0 Å². The van der Waals surface area contributed by atoms with Gasteiger partial charge in [0.05, 0.1) is 6.20 Å². The molecular weight excluding hydrogens is 266 g/mol. The second-order valence-corrected chi connectivity index (χ2v) is 3.88. The molecule has 0 amide bonds. The van der Waals surface area contributed by atoms with E-state index < -0.39 is 0 Å². The fourth-order valence-corrected chi connectivity index (χ4v) is 1.69. The van der Waals surface area contributed by atoms with E-state index in [0.717, 1.165) is 22.1 Å². The van der Waals surface area contributed by atoms with Crippen LogP contribution in [0.5, 0.6) is 0 Å². The topological polar surface area (TPSA) is 80.5 Å². The first kappa shape index (κ1) is 14.6. The Hall–Kier alpha value is -2.76. The lowest BCUT2D eigenvalue weighted by Gasteiger charge is -1.81. The summed E-state index contributed by atoms with van der Waals surface area (Å²) in [5.41, 5.74) is 2.51. The summed E-state index contributed by atoms with van der Waals surface area (Å²) >= 11 is 0. The molecule has 0 aromatic carbocycles. The third kappa shape index (κ3) is 3.62. The van der Waals surface area contributed by atoms with Gasteiger partial charge in [-0.25, -0.2) is 15.0 Å². The summed E-state index contributed by atoms with van der Waals surface area (Å²) in [4.78, 5) is 18.8. The Morgan fingerprint density at radius 2 is 1.95 bits per heavy atom. The van der Waals surface area contributed by atoms with E-state index in [1.807, 2.05) is 39.1 Å². The van der Waals surface area contributed by atoms with Crippen LogP contribution in [0.2, 0.25) is 0 Å². The predicted octanol–water partition coefficient (Wildman–Crippen LogP) is 3.52. The highest BCUT2D eigenvalue weighted by Gasteiger charge is 1.98. The molecule has 0 radical (unpaired) electrons. The van der Waals surface area contributed by atoms with E-state index in [2.05, 4.69) is 24.9 Å². The van der Waals surface area contributed by atoms with Gasteiger partial charge in [-0.15, -0.1) is 0 Å². The molecule has 0 fully saturated rings. The summed E-state index contributed by atoms with van der Waals surface area (Å²) in [6, 6.07) is 3.77. The van der Waals surface area contributed by atoms with Crippen molar-refractivity contribution in [2.75, 3.05) is 0 Å². The molecule has 6 nitrogen and oxygen atoms in total. The van der Waals surface area contributed by atoms with Gasteiger partial charge in [0, 0.05) is 30.9 Å². The molecule has 0 aliphatic heterocycles. The molecule has 108 valence electrons. The molecule has 0 aliphatic carbocycles. The van der Waals surface area contributed by atoms with Crippen LogP contribution in [-0.2, 0) is 0 Å². The fraction of sp³-hybridized carbons (Fsp3) is 0.200. The summed E-state index contributed by atoms with van der Waals surface area (Å²) in [7, 11) is 0. The van der Waals surface area contributed by atoms with Gasteiger partial charge in [-0.2, -0.15) is 0 Å². The number of H-pyrrole nitrogens is 1. The molecular formula is C15H17N5O. The molecule has 1 N–H and O–H groups in total. The number of nitrogens with one attached hydrogen (secondary N) is 1. The van der Waals surface area contributed by atoms with Crippen molar-refractivity contribution in [1.29, 1.82) is 0 Å². The van der Waals surface area contributed by atoms with Gasteiger partial charge in [0.2, 0.25) is 0 Å². The van der Waals surface area contributed by atoms with Crippen LogP contribution in [0.15, 0.2) is 47.7 Å².